The van der Waals surface area contributed by atoms with Crippen molar-refractivity contribution < 1.29 is 76.6 Å². The molecule has 0 saturated carbocycles. The number of amides is 6. The molecule has 1 unspecified atom stereocenters. The largest absolute Gasteiger partial charge is 0.495 e. The number of allylic oxidation sites excluding steroid dienone is 3. The molecule has 81 heavy (non-hydrogen) atoms. The zero-order valence-corrected chi connectivity index (χ0v) is 48.6. The van der Waals surface area contributed by atoms with Crippen molar-refractivity contribution in [1.82, 2.24) is 35.4 Å². The van der Waals surface area contributed by atoms with Crippen molar-refractivity contribution >= 4 is 58.9 Å². The first-order valence-corrected chi connectivity index (χ1v) is 27.8. The van der Waals surface area contributed by atoms with E-state index in [0.717, 1.165) is 22.5 Å². The summed E-state index contributed by atoms with van der Waals surface area (Å²) in [5.41, 5.74) is 0.978. The monoisotopic (exact) mass is 1160 g/mol. The van der Waals surface area contributed by atoms with Gasteiger partial charge in [0.15, 0.2) is 5.72 Å². The van der Waals surface area contributed by atoms with E-state index in [2.05, 4.69) is 20.9 Å². The second-order valence-electron chi connectivity index (χ2n) is 20.5. The Bertz CT molecular complexity index is 2520. The Morgan fingerprint density at radius 3 is 2.30 bits per heavy atom. The van der Waals surface area contributed by atoms with Gasteiger partial charge < -0.3 is 58.1 Å². The molecule has 4 heterocycles. The number of esters is 1. The van der Waals surface area contributed by atoms with Crippen LogP contribution in [0, 0.1) is 11.8 Å². The fourth-order valence-electron chi connectivity index (χ4n) is 9.30. The van der Waals surface area contributed by atoms with Crippen LogP contribution < -0.4 is 20.3 Å². The number of hydrogen-bond acceptors (Lipinski definition) is 18. The number of rotatable bonds is 28. The summed E-state index contributed by atoms with van der Waals surface area (Å²) in [6.45, 7) is 10.8. The number of carbonyl (C=O) groups is 7. The number of methoxy groups -OCH3 is 2. The summed E-state index contributed by atoms with van der Waals surface area (Å²) < 4.78 is 47.0. The van der Waals surface area contributed by atoms with Crippen LogP contribution in [0.3, 0.4) is 0 Å². The number of benzene rings is 1. The quantitative estimate of drug-likeness (QED) is 0.0611. The number of hydrogen-bond donors (Lipinski definition) is 3. The normalized spacial score (nSPS) is 23.1. The number of likely N-dealkylation sites (N-methyl/N-ethyl adjacent to an activating group) is 1. The molecule has 1 fully saturated rings. The van der Waals surface area contributed by atoms with Crippen LogP contribution in [0.5, 0.6) is 5.75 Å². The third-order valence-corrected chi connectivity index (χ3v) is 14.6. The van der Waals surface area contributed by atoms with E-state index in [9.17, 15) is 38.7 Å². The lowest BCUT2D eigenvalue weighted by Gasteiger charge is -2.42. The molecule has 24 nitrogen and oxygen atoms in total. The van der Waals surface area contributed by atoms with Gasteiger partial charge in [-0.3, -0.25) is 38.9 Å². The zero-order chi connectivity index (χ0) is 59.1. The predicted molar refractivity (Wildman–Crippen MR) is 296 cm³/mol. The third kappa shape index (κ3) is 20.6. The van der Waals surface area contributed by atoms with E-state index >= 15 is 0 Å². The molecule has 3 aliphatic heterocycles. The molecule has 4 bridgehead atoms. The van der Waals surface area contributed by atoms with E-state index in [1.165, 1.54) is 36.2 Å². The van der Waals surface area contributed by atoms with E-state index in [1.807, 2.05) is 26.8 Å². The number of aromatic nitrogens is 3. The Balaban J connectivity index is 1.01. The van der Waals surface area contributed by atoms with Gasteiger partial charge in [0.25, 0.3) is 11.8 Å². The van der Waals surface area contributed by atoms with Gasteiger partial charge in [-0.15, -0.1) is 5.10 Å². The maximum atomic E-state index is 14.3. The number of nitrogens with zero attached hydrogens (tertiary/aromatic N) is 6. The molecular weight excluding hydrogens is 1080 g/mol. The van der Waals surface area contributed by atoms with Crippen molar-refractivity contribution in [3.05, 3.63) is 70.6 Å². The third-order valence-electron chi connectivity index (χ3n) is 14.2. The van der Waals surface area contributed by atoms with Crippen molar-refractivity contribution in [2.45, 2.75) is 129 Å². The van der Waals surface area contributed by atoms with Crippen molar-refractivity contribution in [2.24, 2.45) is 11.8 Å². The Kier molecular flexibility index (Phi) is 26.7. The van der Waals surface area contributed by atoms with Gasteiger partial charge in [0.1, 0.15) is 40.8 Å². The maximum absolute atomic E-state index is 14.3. The fraction of sp³-hybridized carbons (Fsp3) is 0.625. The Morgan fingerprint density at radius 2 is 1.62 bits per heavy atom. The summed E-state index contributed by atoms with van der Waals surface area (Å²) in [4.78, 5) is 93.4. The second kappa shape index (κ2) is 33.0. The van der Waals surface area contributed by atoms with Gasteiger partial charge >= 0.3 is 12.1 Å². The number of alkyl carbamates (subject to hydrolysis) is 1. The summed E-state index contributed by atoms with van der Waals surface area (Å²) in [5.74, 6) is -2.95. The van der Waals surface area contributed by atoms with Gasteiger partial charge in [0, 0.05) is 72.3 Å². The summed E-state index contributed by atoms with van der Waals surface area (Å²) in [5, 5.41) is 25.6. The first-order chi connectivity index (χ1) is 38.7. The molecule has 1 aromatic carbocycles. The van der Waals surface area contributed by atoms with E-state index in [4.69, 9.17) is 49.5 Å². The lowest BCUT2D eigenvalue weighted by atomic mass is 9.83. The molecular formula is C56H81ClN8O16. The number of nitrogens with one attached hydrogen (secondary N) is 2. The number of halogens is 1. The lowest BCUT2D eigenvalue weighted by molar-refractivity contribution is -0.162. The average molecular weight is 1160 g/mol. The number of aryl methyl sites for hydroxylation is 1. The molecule has 3 aliphatic rings. The number of aliphatic hydroxyl groups is 1. The lowest BCUT2D eigenvalue weighted by Crippen LogP contribution is -2.63. The minimum atomic E-state index is -1.81. The van der Waals surface area contributed by atoms with E-state index in [0.29, 0.717) is 95.5 Å². The molecule has 1 saturated heterocycles. The van der Waals surface area contributed by atoms with Gasteiger partial charge in [-0.25, -0.2) is 9.59 Å². The molecule has 448 valence electrons. The Hall–Kier alpha value is -6.28. The van der Waals surface area contributed by atoms with Crippen LogP contribution in [0.4, 0.5) is 10.5 Å². The molecule has 0 spiro atoms. The SMILES string of the molecule is COc1cc2cc(c1Cl)N(C)C(=O)C[C@H](OC(=O)[C@H](C)N(C)C(=O)CCCCCn1cc(COCCOCCOCCOCCNC(=O)CCN3C(=O)C=CC3=O)nn1)[C@@H](C)C[C@H](C)[C@@H]1C[C@@](O)(NC(=O)O1)C(OC)/C=C/C=C(\C)C2. The minimum absolute atomic E-state index is 0.0134. The molecule has 1 aromatic heterocycles. The first-order valence-electron chi connectivity index (χ1n) is 27.4. The number of fused-ring (bicyclic) bond motifs is 4. The topological polar surface area (TPSA) is 278 Å². The van der Waals surface area contributed by atoms with Crippen LogP contribution in [0.1, 0.15) is 90.3 Å². The molecule has 5 rings (SSSR count). The molecule has 7 atom stereocenters. The van der Waals surface area contributed by atoms with Crippen molar-refractivity contribution in [3.63, 3.8) is 0 Å². The second-order valence-corrected chi connectivity index (χ2v) is 20.9. The van der Waals surface area contributed by atoms with Gasteiger partial charge in [-0.05, 0) is 69.1 Å². The van der Waals surface area contributed by atoms with E-state index < -0.39 is 65.8 Å². The predicted octanol–water partition coefficient (Wildman–Crippen LogP) is 4.23. The molecule has 3 N–H and O–H groups in total. The molecule has 0 aliphatic carbocycles. The zero-order valence-electron chi connectivity index (χ0n) is 47.9. The van der Waals surface area contributed by atoms with Gasteiger partial charge in [0.05, 0.1) is 78.3 Å². The summed E-state index contributed by atoms with van der Waals surface area (Å²) in [6.07, 6.45) is 8.66. The smallest absolute Gasteiger partial charge is 0.409 e. The van der Waals surface area contributed by atoms with Crippen molar-refractivity contribution in [2.75, 3.05) is 92.6 Å². The van der Waals surface area contributed by atoms with Crippen LogP contribution >= 0.6 is 11.6 Å². The number of ether oxygens (including phenoxy) is 8. The van der Waals surface area contributed by atoms with Crippen LogP contribution in [0.2, 0.25) is 5.02 Å². The minimum Gasteiger partial charge on any atom is -0.495 e. The molecule has 6 amide bonds. The van der Waals surface area contributed by atoms with Crippen LogP contribution in [-0.4, -0.2) is 189 Å². The Labute approximate surface area is 478 Å². The number of imide groups is 1. The highest BCUT2D eigenvalue weighted by molar-refractivity contribution is 6.35. The van der Waals surface area contributed by atoms with Gasteiger partial charge in [0.2, 0.25) is 17.7 Å². The summed E-state index contributed by atoms with van der Waals surface area (Å²) in [6, 6.07) is 2.61. The summed E-state index contributed by atoms with van der Waals surface area (Å²) in [7, 11) is 6.07. The van der Waals surface area contributed by atoms with Crippen molar-refractivity contribution in [1.29, 1.82) is 0 Å². The van der Waals surface area contributed by atoms with Crippen LogP contribution in [0.15, 0.2) is 54.3 Å². The highest BCUT2D eigenvalue weighted by Gasteiger charge is 2.47. The maximum Gasteiger partial charge on any atom is 0.409 e. The first kappa shape index (κ1) is 65.5. The van der Waals surface area contributed by atoms with Gasteiger partial charge in [-0.1, -0.05) is 60.9 Å². The van der Waals surface area contributed by atoms with Crippen LogP contribution in [0.25, 0.3) is 0 Å². The van der Waals surface area contributed by atoms with E-state index in [-0.39, 0.29) is 68.2 Å². The van der Waals surface area contributed by atoms with Gasteiger partial charge in [-0.2, -0.15) is 0 Å². The highest BCUT2D eigenvalue weighted by Crippen LogP contribution is 2.38. The summed E-state index contributed by atoms with van der Waals surface area (Å²) >= 11 is 6.82. The number of anilines is 1. The highest BCUT2D eigenvalue weighted by atomic mass is 35.5. The molecule has 0 radical (unpaired) electrons. The number of unbranched alkanes of at least 4 members (excludes halogenated alkanes) is 2. The average Bonchev–Trinajstić information content (AvgIpc) is 4.11. The van der Waals surface area contributed by atoms with Crippen LogP contribution in [-0.2, 0) is 81.5 Å². The molecule has 25 heteroatoms. The molecule has 2 aromatic rings. The fourth-order valence-corrected chi connectivity index (χ4v) is 9.61. The number of carbonyl (C=O) groups excluding carboxylic acids is 7. The Morgan fingerprint density at radius 1 is 0.938 bits per heavy atom. The standard InChI is InChI=1S/C56H81ClN8O16/c1-37-13-12-14-47(75-8)56(73)34-46(81-55(72)59-56)39(3)30-38(2)44(33-52(70)63(6)43-31-41(29-37)32-45(74-7)53(43)57)80-54(71)40(4)62(5)49(67)15-10-9-11-20-64-35-42(60-61-64)36-79-28-27-78-26-25-77-24-23-76-22-19-58-48(66)18-21-65-50(68)16-17-51(65)69/h12-14,16-17,31-32,35,38-40,44,46-47,73H,9-11,15,18-30,33-34,36H2,1-8H3,(H,58,66)(H,59,72)/b14-12+,37-13+/t38-,39-,40-,44-,46-,47?,56-/m0/s1. The van der Waals surface area contributed by atoms with E-state index in [1.54, 1.807) is 56.2 Å². The van der Waals surface area contributed by atoms with Crippen molar-refractivity contribution in [3.8, 4) is 5.75 Å².